The molecule has 0 saturated heterocycles. The molecule has 44 heavy (non-hydrogen) atoms. The fourth-order valence-corrected chi connectivity index (χ4v) is 5.22. The number of halogens is 2. The van der Waals surface area contributed by atoms with E-state index in [1.54, 1.807) is 0 Å². The van der Waals surface area contributed by atoms with E-state index >= 15 is 0 Å². The maximum Gasteiger partial charge on any atom is 0.266 e. The van der Waals surface area contributed by atoms with Crippen LogP contribution >= 0.6 is 27.5 Å². The fraction of sp³-hybridized carbons (Fsp3) is 0.200. The van der Waals surface area contributed by atoms with Crippen molar-refractivity contribution in [3.05, 3.63) is 141 Å². The Balaban J connectivity index is 1.48. The number of carbonyl (C=O) groups is 1. The van der Waals surface area contributed by atoms with E-state index in [0.717, 1.165) is 26.7 Å². The first-order valence-corrected chi connectivity index (χ1v) is 15.5. The van der Waals surface area contributed by atoms with Crippen LogP contribution < -0.4 is 15.6 Å². The number of amides is 1. The van der Waals surface area contributed by atoms with Gasteiger partial charge in [0.2, 0.25) is 5.90 Å². The lowest BCUT2D eigenvalue weighted by molar-refractivity contribution is -0.129. The van der Waals surface area contributed by atoms with Crippen LogP contribution in [0.15, 0.2) is 119 Å². The van der Waals surface area contributed by atoms with Crippen LogP contribution in [-0.2, 0) is 16.1 Å². The van der Waals surface area contributed by atoms with Crippen LogP contribution in [0.5, 0.6) is 5.75 Å². The zero-order valence-corrected chi connectivity index (χ0v) is 26.3. The Hall–Kier alpha value is -3.95. The van der Waals surface area contributed by atoms with Gasteiger partial charge in [-0.3, -0.25) is 10.2 Å². The Morgan fingerprint density at radius 1 is 1.00 bits per heavy atom. The molecule has 226 valence electrons. The van der Waals surface area contributed by atoms with Gasteiger partial charge >= 0.3 is 0 Å². The molecule has 7 nitrogen and oxygen atoms in total. The minimum atomic E-state index is -1.32. The lowest BCUT2D eigenvalue weighted by Gasteiger charge is -2.30. The van der Waals surface area contributed by atoms with E-state index in [9.17, 15) is 4.79 Å². The molecule has 0 aromatic heterocycles. The van der Waals surface area contributed by atoms with Gasteiger partial charge < -0.3 is 14.6 Å². The van der Waals surface area contributed by atoms with Gasteiger partial charge in [-0.25, -0.2) is 10.4 Å². The van der Waals surface area contributed by atoms with Crippen molar-refractivity contribution < 1.29 is 19.4 Å². The third kappa shape index (κ3) is 7.95. The van der Waals surface area contributed by atoms with Gasteiger partial charge in [0.15, 0.2) is 11.6 Å². The number of benzene rings is 4. The summed E-state index contributed by atoms with van der Waals surface area (Å²) in [6, 6.07) is 32.5. The molecular formula is C35H33BrClN3O4. The molecule has 1 amide bonds. The third-order valence-corrected chi connectivity index (χ3v) is 7.93. The van der Waals surface area contributed by atoms with Gasteiger partial charge in [-0.05, 0) is 65.2 Å². The van der Waals surface area contributed by atoms with E-state index in [0.29, 0.717) is 36.2 Å². The van der Waals surface area contributed by atoms with Gasteiger partial charge in [-0.2, -0.15) is 0 Å². The Labute approximate surface area is 270 Å². The van der Waals surface area contributed by atoms with E-state index in [1.165, 1.54) is 0 Å². The van der Waals surface area contributed by atoms with Gasteiger partial charge in [-0.1, -0.05) is 94.3 Å². The second kappa shape index (κ2) is 15.2. The van der Waals surface area contributed by atoms with Gasteiger partial charge in [0, 0.05) is 41.1 Å². The van der Waals surface area contributed by atoms with Crippen LogP contribution in [0.4, 0.5) is 0 Å². The first-order chi connectivity index (χ1) is 21.5. The average molecular weight is 675 g/mol. The second-order valence-electron chi connectivity index (χ2n) is 10.3. The van der Waals surface area contributed by atoms with E-state index in [1.807, 2.05) is 115 Å². The summed E-state index contributed by atoms with van der Waals surface area (Å²) in [5, 5.41) is 9.69. The van der Waals surface area contributed by atoms with Crippen molar-refractivity contribution in [3.8, 4) is 5.75 Å². The smallest absolute Gasteiger partial charge is 0.266 e. The molecular weight excluding hydrogens is 642 g/mol. The predicted octanol–water partition coefficient (Wildman–Crippen LogP) is 7.05. The molecule has 0 fully saturated rings. The summed E-state index contributed by atoms with van der Waals surface area (Å²) in [4.78, 5) is 19.2. The monoisotopic (exact) mass is 673 g/mol. The van der Waals surface area contributed by atoms with Gasteiger partial charge in [-0.15, -0.1) is 0 Å². The normalized spacial score (nSPS) is 17.7. The molecule has 4 aromatic rings. The zero-order valence-electron chi connectivity index (χ0n) is 24.0. The molecule has 0 bridgehead atoms. The fourth-order valence-electron chi connectivity index (χ4n) is 4.83. The molecule has 5 rings (SSSR count). The Morgan fingerprint density at radius 3 is 2.43 bits per heavy atom. The molecule has 9 heteroatoms. The zero-order chi connectivity index (χ0) is 30.8. The van der Waals surface area contributed by atoms with Crippen molar-refractivity contribution in [2.75, 3.05) is 13.2 Å². The highest BCUT2D eigenvalue weighted by Crippen LogP contribution is 2.43. The number of ether oxygens (including phenoxy) is 2. The maximum atomic E-state index is 14.2. The number of hydrogen-bond donors (Lipinski definition) is 3. The highest BCUT2D eigenvalue weighted by Gasteiger charge is 2.52. The summed E-state index contributed by atoms with van der Waals surface area (Å²) in [6.45, 7) is 0.882. The molecule has 0 unspecified atom stereocenters. The minimum absolute atomic E-state index is 0.0671. The van der Waals surface area contributed by atoms with E-state index in [-0.39, 0.29) is 18.9 Å². The van der Waals surface area contributed by atoms with Crippen LogP contribution in [0.3, 0.4) is 0 Å². The van der Waals surface area contributed by atoms with E-state index < -0.39 is 11.6 Å². The summed E-state index contributed by atoms with van der Waals surface area (Å²) in [5.41, 5.74) is 8.17. The molecule has 1 aliphatic rings. The number of rotatable bonds is 13. The molecule has 0 aliphatic carbocycles. The number of nitrogens with zero attached hydrogens (tertiary/aromatic N) is 1. The molecule has 1 aliphatic heterocycles. The largest absolute Gasteiger partial charge is 0.494 e. The van der Waals surface area contributed by atoms with Crippen molar-refractivity contribution in [1.82, 2.24) is 10.9 Å². The number of aliphatic hydroxyl groups is 1. The number of hydrazine groups is 1. The molecule has 4 aromatic carbocycles. The standard InChI is InChI=1S/C35H33BrClN3O4/c36-29-15-11-27(12-16-29)32-35(21-4-8-25-6-2-1-3-7-25,34(42)40-38-24-26-9-17-30(37)18-10-26)39-33(44-32)28-13-19-31(20-14-28)43-23-5-22-41/h1-4,6-20,32,38,41H,5,21-24H2,(H,40,42)/b8-4+/t32-,35-/m0/s1. The number of carbonyl (C=O) groups excluding carboxylic acids is 1. The van der Waals surface area contributed by atoms with Crippen molar-refractivity contribution in [3.63, 3.8) is 0 Å². The number of aliphatic hydroxyl groups excluding tert-OH is 1. The average Bonchev–Trinajstić information content (AvgIpc) is 3.44. The van der Waals surface area contributed by atoms with Crippen LogP contribution in [-0.4, -0.2) is 35.7 Å². The first kappa shape index (κ1) is 31.5. The molecule has 0 spiro atoms. The molecule has 0 saturated carbocycles. The van der Waals surface area contributed by atoms with Crippen LogP contribution in [0.1, 0.15) is 41.2 Å². The van der Waals surface area contributed by atoms with Crippen LogP contribution in [0.2, 0.25) is 5.02 Å². The van der Waals surface area contributed by atoms with Crippen LogP contribution in [0.25, 0.3) is 6.08 Å². The highest BCUT2D eigenvalue weighted by atomic mass is 79.9. The summed E-state index contributed by atoms with van der Waals surface area (Å²) in [7, 11) is 0. The Morgan fingerprint density at radius 2 is 1.73 bits per heavy atom. The molecule has 1 heterocycles. The number of hydrogen-bond acceptors (Lipinski definition) is 6. The molecule has 2 atom stereocenters. The third-order valence-electron chi connectivity index (χ3n) is 7.15. The minimum Gasteiger partial charge on any atom is -0.494 e. The van der Waals surface area contributed by atoms with Crippen molar-refractivity contribution >= 4 is 45.4 Å². The Bertz CT molecular complexity index is 1580. The van der Waals surface area contributed by atoms with Crippen molar-refractivity contribution in [2.24, 2.45) is 4.99 Å². The van der Waals surface area contributed by atoms with Gasteiger partial charge in [0.1, 0.15) is 5.75 Å². The number of nitrogens with one attached hydrogen (secondary N) is 2. The summed E-state index contributed by atoms with van der Waals surface area (Å²) in [5.74, 6) is 0.711. The lowest BCUT2D eigenvalue weighted by Crippen LogP contribution is -2.52. The lowest BCUT2D eigenvalue weighted by atomic mass is 9.84. The maximum absolute atomic E-state index is 14.2. The van der Waals surface area contributed by atoms with Gasteiger partial charge in [0.05, 0.1) is 6.61 Å². The topological polar surface area (TPSA) is 92.2 Å². The number of aliphatic imine (C=N–C) groups is 1. The highest BCUT2D eigenvalue weighted by molar-refractivity contribution is 9.10. The summed E-state index contributed by atoms with van der Waals surface area (Å²) < 4.78 is 13.2. The summed E-state index contributed by atoms with van der Waals surface area (Å²) >= 11 is 9.55. The summed E-state index contributed by atoms with van der Waals surface area (Å²) in [6.07, 6.45) is 4.08. The second-order valence-corrected chi connectivity index (χ2v) is 11.6. The van der Waals surface area contributed by atoms with Crippen molar-refractivity contribution in [1.29, 1.82) is 0 Å². The first-order valence-electron chi connectivity index (χ1n) is 14.3. The van der Waals surface area contributed by atoms with Crippen molar-refractivity contribution in [2.45, 2.75) is 31.0 Å². The molecule has 3 N–H and O–H groups in total. The van der Waals surface area contributed by atoms with Gasteiger partial charge in [0.25, 0.3) is 5.91 Å². The Kier molecular flexibility index (Phi) is 10.9. The predicted molar refractivity (Wildman–Crippen MR) is 177 cm³/mol. The quantitative estimate of drug-likeness (QED) is 0.105. The SMILES string of the molecule is O=C(NNCc1ccc(Cl)cc1)[C@@]1(C/C=C/c2ccccc2)N=C(c2ccc(OCCCO)cc2)O[C@H]1c1ccc(Br)cc1. The van der Waals surface area contributed by atoms with E-state index in [2.05, 4.69) is 26.8 Å². The molecule has 0 radical (unpaired) electrons. The van der Waals surface area contributed by atoms with E-state index in [4.69, 9.17) is 31.2 Å². The van der Waals surface area contributed by atoms with Crippen LogP contribution in [0, 0.1) is 0 Å².